The Morgan fingerprint density at radius 2 is 1.48 bits per heavy atom. The maximum Gasteiger partial charge on any atom is 0.573 e. The first-order valence-corrected chi connectivity index (χ1v) is 15.6. The summed E-state index contributed by atoms with van der Waals surface area (Å²) in [7, 11) is -4.40. The second kappa shape index (κ2) is 11.6. The number of aliphatic hydroxyl groups is 1. The average molecular weight is 675 g/mol. The van der Waals surface area contributed by atoms with Gasteiger partial charge in [-0.25, -0.2) is 17.9 Å². The van der Waals surface area contributed by atoms with Gasteiger partial charge in [-0.15, -0.1) is 13.2 Å². The summed E-state index contributed by atoms with van der Waals surface area (Å²) in [5.74, 6) is -0.600. The number of rotatable bonds is 5. The Morgan fingerprint density at radius 3 is 1.98 bits per heavy atom. The van der Waals surface area contributed by atoms with Crippen LogP contribution >= 0.6 is 23.2 Å². The van der Waals surface area contributed by atoms with Crippen LogP contribution in [0.25, 0.3) is 21.8 Å². The van der Waals surface area contributed by atoms with Crippen molar-refractivity contribution >= 4 is 61.1 Å². The average Bonchev–Trinajstić information content (AvgIpc) is 3.20. The second-order valence-corrected chi connectivity index (χ2v) is 14.0. The summed E-state index contributed by atoms with van der Waals surface area (Å²) in [6, 6.07) is 11.9. The molecule has 1 saturated heterocycles. The normalized spacial score (nSPS) is 19.8. The molecule has 1 aromatic heterocycles. The van der Waals surface area contributed by atoms with E-state index in [9.17, 15) is 31.5 Å². The summed E-state index contributed by atoms with van der Waals surface area (Å²) in [4.78, 5) is 14.2. The number of benzene rings is 3. The molecule has 0 radical (unpaired) electrons. The molecule has 1 amide bonds. The van der Waals surface area contributed by atoms with Gasteiger partial charge in [0.05, 0.1) is 23.1 Å². The van der Waals surface area contributed by atoms with Crippen LogP contribution in [0.1, 0.15) is 26.8 Å². The van der Waals surface area contributed by atoms with Gasteiger partial charge in [0.15, 0.2) is 0 Å². The Labute approximate surface area is 261 Å². The van der Waals surface area contributed by atoms with Crippen molar-refractivity contribution in [3.8, 4) is 5.75 Å². The number of aliphatic hydroxyl groups excluding tert-OH is 1. The Bertz CT molecular complexity index is 1770. The summed E-state index contributed by atoms with van der Waals surface area (Å²) in [6.07, 6.45) is -7.05. The zero-order valence-electron chi connectivity index (χ0n) is 23.6. The maximum atomic E-state index is 13.4. The number of amides is 1. The number of nitrogens with zero attached hydrogens (tertiary/aromatic N) is 2. The van der Waals surface area contributed by atoms with Crippen LogP contribution in [0.5, 0.6) is 5.75 Å². The van der Waals surface area contributed by atoms with E-state index in [-0.39, 0.29) is 18.0 Å². The number of hydrogen-bond donors (Lipinski definition) is 2. The Balaban J connectivity index is 1.56. The number of hydrogen-bond acceptors (Lipinski definition) is 6. The van der Waals surface area contributed by atoms with Crippen LogP contribution in [0.4, 0.5) is 18.0 Å². The molecular weight excluding hydrogens is 646 g/mol. The summed E-state index contributed by atoms with van der Waals surface area (Å²) >= 11 is 12.6. The molecule has 2 N–H and O–H groups in total. The highest BCUT2D eigenvalue weighted by molar-refractivity contribution is 7.89. The van der Waals surface area contributed by atoms with E-state index < -0.39 is 52.0 Å². The van der Waals surface area contributed by atoms with Crippen LogP contribution in [0, 0.1) is 0 Å². The molecule has 0 unspecified atom stereocenters. The molecule has 1 aliphatic heterocycles. The minimum atomic E-state index is -4.95. The van der Waals surface area contributed by atoms with Crippen LogP contribution in [-0.4, -0.2) is 66.3 Å². The number of nitrogens with one attached hydrogen (secondary N) is 1. The monoisotopic (exact) mass is 673 g/mol. The number of piperidine rings is 1. The number of carbonyl (C=O) groups excluding carboxylic acids is 1. The first-order chi connectivity index (χ1) is 20.4. The minimum absolute atomic E-state index is 0.0398. The van der Waals surface area contributed by atoms with Gasteiger partial charge in [-0.1, -0.05) is 23.2 Å². The van der Waals surface area contributed by atoms with Crippen molar-refractivity contribution in [2.24, 2.45) is 0 Å². The molecule has 3 atom stereocenters. The third-order valence-corrected chi connectivity index (χ3v) is 8.99. The van der Waals surface area contributed by atoms with Crippen molar-refractivity contribution in [3.63, 3.8) is 0 Å². The van der Waals surface area contributed by atoms with Gasteiger partial charge in [-0.05, 0) is 81.4 Å². The summed E-state index contributed by atoms with van der Waals surface area (Å²) < 4.78 is 78.2. The first-order valence-electron chi connectivity index (χ1n) is 13.3. The van der Waals surface area contributed by atoms with Gasteiger partial charge in [0.1, 0.15) is 11.4 Å². The predicted octanol–water partition coefficient (Wildman–Crippen LogP) is 6.50. The van der Waals surface area contributed by atoms with Crippen molar-refractivity contribution < 1.29 is 41.0 Å². The molecule has 0 bridgehead atoms. The third-order valence-electron chi connectivity index (χ3n) is 7.01. The van der Waals surface area contributed by atoms with Crippen molar-refractivity contribution in [1.82, 2.24) is 14.2 Å². The largest absolute Gasteiger partial charge is 0.573 e. The Kier molecular flexibility index (Phi) is 8.49. The highest BCUT2D eigenvalue weighted by atomic mass is 35.5. The quantitative estimate of drug-likeness (QED) is 0.250. The molecule has 44 heavy (non-hydrogen) atoms. The van der Waals surface area contributed by atoms with Gasteiger partial charge in [0.2, 0.25) is 10.0 Å². The van der Waals surface area contributed by atoms with E-state index in [1.807, 2.05) is 4.57 Å². The van der Waals surface area contributed by atoms with Gasteiger partial charge in [0, 0.05) is 44.9 Å². The predicted molar refractivity (Wildman–Crippen MR) is 160 cm³/mol. The summed E-state index contributed by atoms with van der Waals surface area (Å²) in [5.41, 5.74) is 0.449. The molecule has 2 heterocycles. The number of fused-ring (bicyclic) bond motifs is 3. The third kappa shape index (κ3) is 6.86. The number of ether oxygens (including phenoxy) is 2. The Morgan fingerprint density at radius 1 is 0.932 bits per heavy atom. The molecule has 1 aliphatic rings. The molecule has 9 nitrogen and oxygen atoms in total. The topological polar surface area (TPSA) is 110 Å². The van der Waals surface area contributed by atoms with E-state index in [0.29, 0.717) is 21.1 Å². The summed E-state index contributed by atoms with van der Waals surface area (Å²) in [5, 5.41) is 14.1. The molecule has 15 heteroatoms. The Hall–Kier alpha value is -3.23. The first kappa shape index (κ1) is 32.2. The van der Waals surface area contributed by atoms with E-state index in [1.165, 1.54) is 4.90 Å². The highest BCUT2D eigenvalue weighted by Crippen LogP contribution is 2.38. The van der Waals surface area contributed by atoms with E-state index in [2.05, 4.69) is 9.46 Å². The minimum Gasteiger partial charge on any atom is -0.444 e. The van der Waals surface area contributed by atoms with Crippen molar-refractivity contribution in [2.75, 3.05) is 13.1 Å². The van der Waals surface area contributed by atoms with E-state index in [1.54, 1.807) is 57.2 Å². The number of aromatic nitrogens is 1. The fraction of sp³-hybridized carbons (Fsp3) is 0.345. The lowest BCUT2D eigenvalue weighted by atomic mass is 9.97. The lowest BCUT2D eigenvalue weighted by molar-refractivity contribution is -0.274. The molecule has 5 rings (SSSR count). The van der Waals surface area contributed by atoms with Crippen LogP contribution in [-0.2, 0) is 14.8 Å². The SMILES string of the molecule is CC(C)(C)OC(=O)N1C[C@@H](NS(=O)(=O)c2ccc(OC(F)(F)F)cc2)[C@H](O)[C@@H](n2c3ccc(Cl)cc3c3cc(Cl)ccc32)C1. The number of likely N-dealkylation sites (tertiary alicyclic amines) is 1. The van der Waals surface area contributed by atoms with E-state index >= 15 is 0 Å². The van der Waals surface area contributed by atoms with Crippen LogP contribution < -0.4 is 9.46 Å². The molecule has 3 aromatic carbocycles. The second-order valence-electron chi connectivity index (χ2n) is 11.4. The standard InChI is InChI=1S/C29H28Cl2F3N3O6S/c1-28(2,3)43-27(39)36-14-22(35-44(40,41)19-8-6-18(7-9-19)42-29(32,33)34)26(38)25(15-36)37-23-10-4-16(30)12-20(23)21-13-17(31)5-11-24(21)37/h4-13,22,25-26,35,38H,14-15H2,1-3H3/t22-,25+,26+/m1/s1. The van der Waals surface area contributed by atoms with Crippen LogP contribution in [0.2, 0.25) is 10.0 Å². The van der Waals surface area contributed by atoms with Crippen molar-refractivity contribution in [1.29, 1.82) is 0 Å². The van der Waals surface area contributed by atoms with Gasteiger partial charge in [0.25, 0.3) is 0 Å². The van der Waals surface area contributed by atoms with Gasteiger partial charge in [-0.3, -0.25) is 0 Å². The lowest BCUT2D eigenvalue weighted by Gasteiger charge is -2.42. The zero-order valence-corrected chi connectivity index (χ0v) is 25.9. The molecule has 0 aliphatic carbocycles. The molecule has 1 fully saturated rings. The van der Waals surface area contributed by atoms with Gasteiger partial charge < -0.3 is 24.0 Å². The van der Waals surface area contributed by atoms with E-state index in [0.717, 1.165) is 35.0 Å². The van der Waals surface area contributed by atoms with Crippen molar-refractivity contribution in [2.45, 2.75) is 55.8 Å². The molecule has 0 spiro atoms. The maximum absolute atomic E-state index is 13.4. The number of halogens is 5. The molecular formula is C29H28Cl2F3N3O6S. The molecule has 0 saturated carbocycles. The van der Waals surface area contributed by atoms with Crippen molar-refractivity contribution in [3.05, 3.63) is 70.7 Å². The fourth-order valence-electron chi connectivity index (χ4n) is 5.28. The smallest absolute Gasteiger partial charge is 0.444 e. The fourth-order valence-corrected chi connectivity index (χ4v) is 6.87. The number of carbonyl (C=O) groups is 1. The van der Waals surface area contributed by atoms with Gasteiger partial charge >= 0.3 is 12.5 Å². The highest BCUT2D eigenvalue weighted by Gasteiger charge is 2.43. The summed E-state index contributed by atoms with van der Waals surface area (Å²) in [6.45, 7) is 4.77. The molecule has 4 aromatic rings. The van der Waals surface area contributed by atoms with Gasteiger partial charge in [-0.2, -0.15) is 0 Å². The van der Waals surface area contributed by atoms with E-state index in [4.69, 9.17) is 27.9 Å². The van der Waals surface area contributed by atoms with Crippen LogP contribution in [0.15, 0.2) is 65.6 Å². The number of alkyl halides is 3. The zero-order chi connectivity index (χ0) is 32.2. The number of sulfonamides is 1. The van der Waals surface area contributed by atoms with Crippen LogP contribution in [0.3, 0.4) is 0 Å². The molecule has 236 valence electrons. The lowest BCUT2D eigenvalue weighted by Crippen LogP contribution is -2.60.